The second-order valence-corrected chi connectivity index (χ2v) is 9.39. The Morgan fingerprint density at radius 1 is 1.27 bits per heavy atom. The maximum absolute atomic E-state index is 12.6. The number of aryl methyl sites for hydroxylation is 1. The Morgan fingerprint density at radius 3 is 2.97 bits per heavy atom. The number of pyridine rings is 1. The Bertz CT molecular complexity index is 1130. The van der Waals surface area contributed by atoms with Crippen LogP contribution in [0.15, 0.2) is 48.0 Å². The number of ether oxygens (including phenoxy) is 2. The second kappa shape index (κ2) is 11.3. The molecule has 2 aromatic heterocycles. The van der Waals surface area contributed by atoms with E-state index < -0.39 is 0 Å². The zero-order valence-corrected chi connectivity index (χ0v) is 20.1. The molecule has 0 amide bonds. The van der Waals surface area contributed by atoms with Crippen molar-refractivity contribution in [2.45, 2.75) is 25.7 Å². The first-order valence-corrected chi connectivity index (χ1v) is 12.3. The van der Waals surface area contributed by atoms with Crippen molar-refractivity contribution < 1.29 is 14.3 Å². The van der Waals surface area contributed by atoms with E-state index in [1.165, 1.54) is 12.7 Å². The number of esters is 1. The normalized spacial score (nSPS) is 18.5. The van der Waals surface area contributed by atoms with Crippen LogP contribution in [0.25, 0.3) is 10.9 Å². The van der Waals surface area contributed by atoms with E-state index in [-0.39, 0.29) is 11.9 Å². The fourth-order valence-electron chi connectivity index (χ4n) is 4.65. The lowest BCUT2D eigenvalue weighted by Crippen LogP contribution is -2.44. The molecule has 0 saturated carbocycles. The Hall–Kier alpha value is -2.88. The lowest BCUT2D eigenvalue weighted by Gasteiger charge is -2.36. The highest BCUT2D eigenvalue weighted by Gasteiger charge is 2.34. The van der Waals surface area contributed by atoms with E-state index in [0.29, 0.717) is 19.0 Å². The molecule has 3 heterocycles. The third-order valence-corrected chi connectivity index (χ3v) is 7.22. The summed E-state index contributed by atoms with van der Waals surface area (Å²) < 4.78 is 10.6. The number of rotatable bonds is 7. The third-order valence-electron chi connectivity index (χ3n) is 6.44. The second-order valence-electron chi connectivity index (χ2n) is 8.44. The molecule has 0 bridgehead atoms. The maximum atomic E-state index is 12.6. The summed E-state index contributed by atoms with van der Waals surface area (Å²) >= 11 is 1.65. The summed E-state index contributed by atoms with van der Waals surface area (Å²) in [5.74, 6) is 7.45. The van der Waals surface area contributed by atoms with Crippen molar-refractivity contribution in [3.8, 4) is 17.6 Å². The van der Waals surface area contributed by atoms with Crippen molar-refractivity contribution in [2.24, 2.45) is 11.8 Å². The van der Waals surface area contributed by atoms with Gasteiger partial charge in [-0.2, -0.15) is 0 Å². The molecule has 1 saturated heterocycles. The molecule has 2 atom stereocenters. The van der Waals surface area contributed by atoms with Crippen molar-refractivity contribution in [1.29, 1.82) is 0 Å². The first kappa shape index (κ1) is 23.3. The van der Waals surface area contributed by atoms with Crippen LogP contribution in [0, 0.1) is 23.7 Å². The molecule has 0 unspecified atom stereocenters. The minimum atomic E-state index is -0.102. The fourth-order valence-corrected chi connectivity index (χ4v) is 5.24. The van der Waals surface area contributed by atoms with Crippen LogP contribution in [-0.2, 0) is 16.0 Å². The lowest BCUT2D eigenvalue weighted by atomic mass is 9.81. The molecule has 0 N–H and O–H groups in total. The van der Waals surface area contributed by atoms with Crippen LogP contribution in [0.1, 0.15) is 29.7 Å². The summed E-state index contributed by atoms with van der Waals surface area (Å²) in [6.45, 7) is 2.36. The number of piperidine rings is 1. The van der Waals surface area contributed by atoms with Crippen molar-refractivity contribution in [2.75, 3.05) is 33.9 Å². The summed E-state index contributed by atoms with van der Waals surface area (Å²) in [5.41, 5.74) is 2.26. The standard InChI is InChI=1S/C27H30N2O3S/c1-31-22-10-11-26-24(18-22)20(12-14-28-26)6-3-7-21-13-16-29(19-25(21)27(30)32-2)15-4-8-23-9-5-17-33-23/h5,9-12,14,17-18,21,25H,3,6-7,13,15-16,19H2,1-2H3/t21-,25+/m1/s1. The molecule has 33 heavy (non-hydrogen) atoms. The summed E-state index contributed by atoms with van der Waals surface area (Å²) in [6, 6.07) is 12.1. The predicted molar refractivity (Wildman–Crippen MR) is 132 cm³/mol. The molecular formula is C27H30N2O3S. The van der Waals surface area contributed by atoms with Gasteiger partial charge in [-0.15, -0.1) is 11.3 Å². The summed E-state index contributed by atoms with van der Waals surface area (Å²) in [7, 11) is 3.18. The molecule has 6 heteroatoms. The van der Waals surface area contributed by atoms with Crippen LogP contribution in [0.5, 0.6) is 5.75 Å². The molecule has 1 aliphatic rings. The number of thiophene rings is 1. The molecule has 1 aliphatic heterocycles. The summed E-state index contributed by atoms with van der Waals surface area (Å²) in [5, 5.41) is 3.18. The SMILES string of the molecule is COC(=O)[C@H]1CN(CC#Cc2cccs2)CC[C@H]1CCCc1ccnc2ccc(OC)cc12. The van der Waals surface area contributed by atoms with Gasteiger partial charge in [-0.3, -0.25) is 14.7 Å². The molecule has 0 radical (unpaired) electrons. The number of carbonyl (C=O) groups is 1. The van der Waals surface area contributed by atoms with E-state index in [1.807, 2.05) is 35.8 Å². The van der Waals surface area contributed by atoms with Gasteiger partial charge in [-0.1, -0.05) is 17.9 Å². The van der Waals surface area contributed by atoms with Gasteiger partial charge in [-0.05, 0) is 79.4 Å². The van der Waals surface area contributed by atoms with Gasteiger partial charge < -0.3 is 9.47 Å². The Labute approximate surface area is 199 Å². The Kier molecular flexibility index (Phi) is 7.98. The Balaban J connectivity index is 1.36. The largest absolute Gasteiger partial charge is 0.497 e. The van der Waals surface area contributed by atoms with Crippen LogP contribution < -0.4 is 4.74 Å². The first-order chi connectivity index (χ1) is 16.2. The topological polar surface area (TPSA) is 51.7 Å². The summed E-state index contributed by atoms with van der Waals surface area (Å²) in [4.78, 5) is 20.4. The monoisotopic (exact) mass is 462 g/mol. The maximum Gasteiger partial charge on any atom is 0.310 e. The minimum absolute atomic E-state index is 0.0958. The molecule has 0 aliphatic carbocycles. The molecule has 1 fully saturated rings. The molecule has 3 aromatic rings. The molecule has 4 rings (SSSR count). The van der Waals surface area contributed by atoms with Crippen molar-refractivity contribution in [1.82, 2.24) is 9.88 Å². The van der Waals surface area contributed by atoms with Gasteiger partial charge in [0.2, 0.25) is 0 Å². The van der Waals surface area contributed by atoms with E-state index >= 15 is 0 Å². The van der Waals surface area contributed by atoms with Crippen LogP contribution in [0.2, 0.25) is 0 Å². The van der Waals surface area contributed by atoms with Gasteiger partial charge in [0.15, 0.2) is 0 Å². The quantitative estimate of drug-likeness (QED) is 0.373. The number of fused-ring (bicyclic) bond motifs is 1. The number of nitrogens with zero attached hydrogens (tertiary/aromatic N) is 2. The fraction of sp³-hybridized carbons (Fsp3) is 0.407. The van der Waals surface area contributed by atoms with Crippen LogP contribution >= 0.6 is 11.3 Å². The number of hydrogen-bond donors (Lipinski definition) is 0. The van der Waals surface area contributed by atoms with Crippen molar-refractivity contribution >= 4 is 28.2 Å². The van der Waals surface area contributed by atoms with Crippen molar-refractivity contribution in [3.05, 3.63) is 58.4 Å². The number of likely N-dealkylation sites (tertiary alicyclic amines) is 1. The van der Waals surface area contributed by atoms with Gasteiger partial charge in [0.25, 0.3) is 0 Å². The van der Waals surface area contributed by atoms with E-state index in [1.54, 1.807) is 18.4 Å². The smallest absolute Gasteiger partial charge is 0.310 e. The summed E-state index contributed by atoms with van der Waals surface area (Å²) in [6.07, 6.45) is 5.84. The highest BCUT2D eigenvalue weighted by molar-refractivity contribution is 7.10. The van der Waals surface area contributed by atoms with E-state index in [2.05, 4.69) is 33.9 Å². The first-order valence-electron chi connectivity index (χ1n) is 11.4. The average molecular weight is 463 g/mol. The van der Waals surface area contributed by atoms with Gasteiger partial charge >= 0.3 is 5.97 Å². The number of hydrogen-bond acceptors (Lipinski definition) is 6. The molecular weight excluding hydrogens is 432 g/mol. The van der Waals surface area contributed by atoms with Gasteiger partial charge in [0, 0.05) is 18.1 Å². The van der Waals surface area contributed by atoms with Gasteiger partial charge in [0.1, 0.15) is 5.75 Å². The van der Waals surface area contributed by atoms with Crippen molar-refractivity contribution in [3.63, 3.8) is 0 Å². The number of carbonyl (C=O) groups excluding carboxylic acids is 1. The van der Waals surface area contributed by atoms with E-state index in [9.17, 15) is 4.79 Å². The van der Waals surface area contributed by atoms with E-state index in [4.69, 9.17) is 9.47 Å². The number of methoxy groups -OCH3 is 2. The van der Waals surface area contributed by atoms with Gasteiger partial charge in [0.05, 0.1) is 37.1 Å². The number of benzene rings is 1. The zero-order chi connectivity index (χ0) is 23.0. The molecule has 0 spiro atoms. The Morgan fingerprint density at radius 2 is 2.18 bits per heavy atom. The molecule has 5 nitrogen and oxygen atoms in total. The predicted octanol–water partition coefficient (Wildman–Crippen LogP) is 4.79. The minimum Gasteiger partial charge on any atom is -0.497 e. The van der Waals surface area contributed by atoms with Crippen LogP contribution in [0.3, 0.4) is 0 Å². The van der Waals surface area contributed by atoms with Crippen LogP contribution in [-0.4, -0.2) is 49.7 Å². The van der Waals surface area contributed by atoms with Gasteiger partial charge in [-0.25, -0.2) is 0 Å². The highest BCUT2D eigenvalue weighted by Crippen LogP contribution is 2.30. The van der Waals surface area contributed by atoms with Crippen LogP contribution in [0.4, 0.5) is 0 Å². The lowest BCUT2D eigenvalue weighted by molar-refractivity contribution is -0.149. The average Bonchev–Trinajstić information content (AvgIpc) is 3.37. The molecule has 172 valence electrons. The number of aromatic nitrogens is 1. The molecule has 1 aromatic carbocycles. The highest BCUT2D eigenvalue weighted by atomic mass is 32.1. The zero-order valence-electron chi connectivity index (χ0n) is 19.3. The third kappa shape index (κ3) is 5.93. The van der Waals surface area contributed by atoms with E-state index in [0.717, 1.165) is 53.8 Å².